The van der Waals surface area contributed by atoms with Gasteiger partial charge < -0.3 is 9.84 Å². The number of carboxylic acid groups (broad SMARTS) is 1. The van der Waals surface area contributed by atoms with Gasteiger partial charge in [0, 0.05) is 10.9 Å². The highest BCUT2D eigenvalue weighted by molar-refractivity contribution is 9.10. The van der Waals surface area contributed by atoms with E-state index in [1.165, 1.54) is 6.07 Å². The Bertz CT molecular complexity index is 386. The van der Waals surface area contributed by atoms with Gasteiger partial charge in [0.05, 0.1) is 11.7 Å². The summed E-state index contributed by atoms with van der Waals surface area (Å²) >= 11 is 9.04. The lowest BCUT2D eigenvalue weighted by Crippen LogP contribution is -2.27. The molecule has 1 unspecified atom stereocenters. The van der Waals surface area contributed by atoms with E-state index in [9.17, 15) is 9.18 Å². The molecular weight excluding hydrogens is 302 g/mol. The number of halogens is 3. The Labute approximate surface area is 105 Å². The van der Waals surface area contributed by atoms with Crippen LogP contribution in [0.5, 0.6) is 5.75 Å². The summed E-state index contributed by atoms with van der Waals surface area (Å²) in [6, 6.07) is 4.77. The zero-order valence-electron chi connectivity index (χ0n) is 8.12. The second-order valence-corrected chi connectivity index (χ2v) is 4.32. The number of benzene rings is 1. The molecule has 0 saturated carbocycles. The Morgan fingerprint density at radius 1 is 1.62 bits per heavy atom. The molecule has 1 rings (SSSR count). The van der Waals surface area contributed by atoms with Gasteiger partial charge in [-0.25, -0.2) is 4.79 Å². The molecule has 0 saturated heterocycles. The number of alkyl halides is 1. The lowest BCUT2D eigenvalue weighted by molar-refractivity contribution is -0.145. The van der Waals surface area contributed by atoms with Crippen LogP contribution in [-0.2, 0) is 4.79 Å². The summed E-state index contributed by atoms with van der Waals surface area (Å²) in [6.07, 6.45) is -1.43. The van der Waals surface area contributed by atoms with Crippen molar-refractivity contribution < 1.29 is 19.0 Å². The maximum absolute atomic E-state index is 12.1. The Kier molecular flexibility index (Phi) is 5.02. The van der Waals surface area contributed by atoms with Crippen molar-refractivity contribution in [2.24, 2.45) is 0 Å². The standard InChI is InChI=1S/C10H9BrClFO3/c11-6-1-2-8(7(12)5-6)16-9(3-4-13)10(14)15/h1-2,5,9H,3-4H2,(H,14,15). The first-order valence-corrected chi connectivity index (χ1v) is 5.62. The molecule has 0 fully saturated rings. The predicted octanol–water partition coefficient (Wildman–Crippen LogP) is 3.29. The molecule has 1 N–H and O–H groups in total. The fourth-order valence-corrected chi connectivity index (χ4v) is 1.77. The third-order valence-electron chi connectivity index (χ3n) is 1.81. The molecule has 0 heterocycles. The smallest absolute Gasteiger partial charge is 0.344 e. The third-order valence-corrected chi connectivity index (χ3v) is 2.60. The number of carbonyl (C=O) groups is 1. The van der Waals surface area contributed by atoms with Crippen LogP contribution in [0.3, 0.4) is 0 Å². The summed E-state index contributed by atoms with van der Waals surface area (Å²) < 4.78 is 17.9. The van der Waals surface area contributed by atoms with E-state index in [1.807, 2.05) is 0 Å². The first-order valence-electron chi connectivity index (χ1n) is 4.45. The third kappa shape index (κ3) is 3.64. The van der Waals surface area contributed by atoms with Crippen LogP contribution in [-0.4, -0.2) is 23.9 Å². The maximum atomic E-state index is 12.1. The summed E-state index contributed by atoms with van der Waals surface area (Å²) in [6.45, 7) is -0.759. The number of rotatable bonds is 5. The van der Waals surface area contributed by atoms with Gasteiger partial charge in [-0.05, 0) is 18.2 Å². The Morgan fingerprint density at radius 3 is 2.81 bits per heavy atom. The number of hydrogen-bond donors (Lipinski definition) is 1. The average molecular weight is 312 g/mol. The van der Waals surface area contributed by atoms with Crippen LogP contribution in [0.4, 0.5) is 4.39 Å². The quantitative estimate of drug-likeness (QED) is 0.907. The first-order chi connectivity index (χ1) is 7.54. The van der Waals surface area contributed by atoms with Crippen molar-refractivity contribution >= 4 is 33.5 Å². The lowest BCUT2D eigenvalue weighted by atomic mass is 10.2. The zero-order valence-corrected chi connectivity index (χ0v) is 10.5. The highest BCUT2D eigenvalue weighted by atomic mass is 79.9. The molecule has 1 aromatic rings. The molecule has 0 aliphatic rings. The van der Waals surface area contributed by atoms with Crippen LogP contribution in [0.2, 0.25) is 5.02 Å². The molecule has 3 nitrogen and oxygen atoms in total. The Balaban J connectivity index is 2.81. The molecule has 16 heavy (non-hydrogen) atoms. The normalized spacial score (nSPS) is 12.2. The van der Waals surface area contributed by atoms with E-state index in [0.29, 0.717) is 0 Å². The minimum absolute atomic E-state index is 0.207. The fraction of sp³-hybridized carbons (Fsp3) is 0.300. The minimum atomic E-state index is -1.22. The number of carboxylic acids is 1. The SMILES string of the molecule is O=C(O)C(CCF)Oc1ccc(Br)cc1Cl. The van der Waals surface area contributed by atoms with E-state index in [-0.39, 0.29) is 17.2 Å². The van der Waals surface area contributed by atoms with E-state index < -0.39 is 18.7 Å². The van der Waals surface area contributed by atoms with Crippen LogP contribution in [0, 0.1) is 0 Å². The van der Waals surface area contributed by atoms with Gasteiger partial charge in [-0.2, -0.15) is 0 Å². The zero-order chi connectivity index (χ0) is 12.1. The predicted molar refractivity (Wildman–Crippen MR) is 61.8 cm³/mol. The van der Waals surface area contributed by atoms with Crippen LogP contribution in [0.25, 0.3) is 0 Å². The molecule has 0 radical (unpaired) electrons. The molecule has 88 valence electrons. The number of hydrogen-bond acceptors (Lipinski definition) is 2. The van der Waals surface area contributed by atoms with E-state index in [1.54, 1.807) is 12.1 Å². The molecule has 6 heteroatoms. The van der Waals surface area contributed by atoms with Crippen molar-refractivity contribution in [2.75, 3.05) is 6.67 Å². The Hall–Kier alpha value is -0.810. The summed E-state index contributed by atoms with van der Waals surface area (Å²) in [4.78, 5) is 10.7. The van der Waals surface area contributed by atoms with Gasteiger partial charge in [-0.1, -0.05) is 27.5 Å². The van der Waals surface area contributed by atoms with Crippen molar-refractivity contribution in [1.29, 1.82) is 0 Å². The molecule has 0 bridgehead atoms. The summed E-state index contributed by atoms with van der Waals surface area (Å²) in [5, 5.41) is 9.04. The monoisotopic (exact) mass is 310 g/mol. The van der Waals surface area contributed by atoms with Crippen molar-refractivity contribution in [3.8, 4) is 5.75 Å². The van der Waals surface area contributed by atoms with Crippen molar-refractivity contribution in [3.05, 3.63) is 27.7 Å². The van der Waals surface area contributed by atoms with E-state index in [0.717, 1.165) is 4.47 Å². The molecule has 0 aliphatic heterocycles. The van der Waals surface area contributed by atoms with Crippen LogP contribution in [0.1, 0.15) is 6.42 Å². The first kappa shape index (κ1) is 13.3. The minimum Gasteiger partial charge on any atom is -0.479 e. The van der Waals surface area contributed by atoms with Gasteiger partial charge >= 0.3 is 5.97 Å². The van der Waals surface area contributed by atoms with Crippen LogP contribution in [0.15, 0.2) is 22.7 Å². The second kappa shape index (κ2) is 6.06. The maximum Gasteiger partial charge on any atom is 0.344 e. The molecule has 0 amide bonds. The number of ether oxygens (including phenoxy) is 1. The van der Waals surface area contributed by atoms with Crippen molar-refractivity contribution in [1.82, 2.24) is 0 Å². The molecule has 0 aliphatic carbocycles. The number of aliphatic carboxylic acids is 1. The van der Waals surface area contributed by atoms with E-state index >= 15 is 0 Å². The molecule has 1 atom stereocenters. The molecule has 1 aromatic carbocycles. The van der Waals surface area contributed by atoms with Crippen LogP contribution >= 0.6 is 27.5 Å². The summed E-state index contributed by atoms with van der Waals surface area (Å²) in [5.41, 5.74) is 0. The van der Waals surface area contributed by atoms with Crippen molar-refractivity contribution in [3.63, 3.8) is 0 Å². The van der Waals surface area contributed by atoms with Gasteiger partial charge in [0.2, 0.25) is 0 Å². The van der Waals surface area contributed by atoms with E-state index in [2.05, 4.69) is 15.9 Å². The van der Waals surface area contributed by atoms with Crippen molar-refractivity contribution in [2.45, 2.75) is 12.5 Å². The lowest BCUT2D eigenvalue weighted by Gasteiger charge is -2.14. The molecule has 0 spiro atoms. The van der Waals surface area contributed by atoms with Gasteiger partial charge in [0.25, 0.3) is 0 Å². The van der Waals surface area contributed by atoms with E-state index in [4.69, 9.17) is 21.4 Å². The van der Waals surface area contributed by atoms with Gasteiger partial charge in [0.15, 0.2) is 6.10 Å². The topological polar surface area (TPSA) is 46.5 Å². The van der Waals surface area contributed by atoms with Gasteiger partial charge in [-0.3, -0.25) is 4.39 Å². The highest BCUT2D eigenvalue weighted by Crippen LogP contribution is 2.28. The summed E-state index contributed by atoms with van der Waals surface area (Å²) in [5.74, 6) is -0.984. The molecular formula is C10H9BrClFO3. The van der Waals surface area contributed by atoms with Gasteiger partial charge in [0.1, 0.15) is 5.75 Å². The summed E-state index contributed by atoms with van der Waals surface area (Å²) in [7, 11) is 0. The molecule has 0 aromatic heterocycles. The average Bonchev–Trinajstić information content (AvgIpc) is 2.20. The van der Waals surface area contributed by atoms with Gasteiger partial charge in [-0.15, -0.1) is 0 Å². The Morgan fingerprint density at radius 2 is 2.31 bits per heavy atom. The van der Waals surface area contributed by atoms with Crippen LogP contribution < -0.4 is 4.74 Å². The highest BCUT2D eigenvalue weighted by Gasteiger charge is 2.20. The fourth-order valence-electron chi connectivity index (χ4n) is 1.06. The second-order valence-electron chi connectivity index (χ2n) is 3.00. The largest absolute Gasteiger partial charge is 0.479 e.